The number of aryl methyl sites for hydroxylation is 1. The van der Waals surface area contributed by atoms with Gasteiger partial charge in [0.05, 0.1) is 13.6 Å². The maximum absolute atomic E-state index is 6.09. The van der Waals surface area contributed by atoms with Gasteiger partial charge in [-0.1, -0.05) is 13.8 Å². The van der Waals surface area contributed by atoms with E-state index in [1.165, 1.54) is 4.80 Å². The van der Waals surface area contributed by atoms with Crippen LogP contribution in [-0.2, 0) is 13.6 Å². The van der Waals surface area contributed by atoms with Crippen LogP contribution in [0, 0.1) is 5.92 Å². The highest BCUT2D eigenvalue weighted by Gasteiger charge is 2.12. The average Bonchev–Trinajstić information content (AvgIpc) is 2.87. The zero-order valence-electron chi connectivity index (χ0n) is 10.4. The first kappa shape index (κ1) is 11.8. The van der Waals surface area contributed by atoms with Crippen molar-refractivity contribution in [2.45, 2.75) is 26.4 Å². The van der Waals surface area contributed by atoms with Crippen molar-refractivity contribution < 1.29 is 0 Å². The van der Waals surface area contributed by atoms with Crippen LogP contribution in [0.2, 0.25) is 0 Å². The number of nitrogens with two attached hydrogens (primary N) is 1. The first-order valence-corrected chi connectivity index (χ1v) is 5.70. The molecule has 0 radical (unpaired) electrons. The highest BCUT2D eigenvalue weighted by atomic mass is 15.6. The molecule has 2 aromatic heterocycles. The summed E-state index contributed by atoms with van der Waals surface area (Å²) < 4.78 is 2.02. The van der Waals surface area contributed by atoms with E-state index >= 15 is 0 Å². The Bertz CT molecular complexity index is 484. The third kappa shape index (κ3) is 2.71. The second-order valence-corrected chi connectivity index (χ2v) is 4.58. The number of aromatic nitrogens is 5. The molecule has 2 heterocycles. The van der Waals surface area contributed by atoms with Crippen molar-refractivity contribution in [2.24, 2.45) is 18.7 Å². The summed E-state index contributed by atoms with van der Waals surface area (Å²) in [5, 5.41) is 11.9. The molecule has 0 bridgehead atoms. The maximum atomic E-state index is 6.09. The van der Waals surface area contributed by atoms with E-state index in [-0.39, 0.29) is 6.04 Å². The van der Waals surface area contributed by atoms with Crippen LogP contribution in [0.15, 0.2) is 18.5 Å². The van der Waals surface area contributed by atoms with Gasteiger partial charge in [0.15, 0.2) is 5.82 Å². The zero-order valence-corrected chi connectivity index (χ0v) is 10.4. The Morgan fingerprint density at radius 3 is 2.76 bits per heavy atom. The van der Waals surface area contributed by atoms with Crippen LogP contribution in [0.3, 0.4) is 0 Å². The Hall–Kier alpha value is -1.69. The summed E-state index contributed by atoms with van der Waals surface area (Å²) >= 11 is 0. The Morgan fingerprint density at radius 2 is 2.18 bits per heavy atom. The van der Waals surface area contributed by atoms with Crippen LogP contribution in [-0.4, -0.2) is 24.8 Å². The molecule has 0 aromatic carbocycles. The number of rotatable bonds is 4. The Balaban J connectivity index is 2.08. The lowest BCUT2D eigenvalue weighted by Crippen LogP contribution is -2.16. The summed E-state index contributed by atoms with van der Waals surface area (Å²) in [7, 11) is 1.76. The van der Waals surface area contributed by atoms with E-state index in [0.717, 1.165) is 5.56 Å². The van der Waals surface area contributed by atoms with Crippen molar-refractivity contribution in [2.75, 3.05) is 0 Å². The summed E-state index contributed by atoms with van der Waals surface area (Å²) in [4.78, 5) is 1.46. The van der Waals surface area contributed by atoms with Crippen LogP contribution in [0.25, 0.3) is 0 Å². The van der Waals surface area contributed by atoms with Crippen LogP contribution in [0.4, 0.5) is 0 Å². The summed E-state index contributed by atoms with van der Waals surface area (Å²) in [5.41, 5.74) is 7.23. The van der Waals surface area contributed by atoms with E-state index < -0.39 is 0 Å². The molecule has 0 saturated carbocycles. The Morgan fingerprint density at radius 1 is 1.41 bits per heavy atom. The fraction of sp³-hybridized carbons (Fsp3) is 0.545. The van der Waals surface area contributed by atoms with Crippen LogP contribution in [0.1, 0.15) is 31.3 Å². The normalized spacial score (nSPS) is 13.2. The molecule has 0 aliphatic rings. The fourth-order valence-electron chi connectivity index (χ4n) is 1.69. The van der Waals surface area contributed by atoms with E-state index in [0.29, 0.717) is 18.3 Å². The van der Waals surface area contributed by atoms with Gasteiger partial charge in [0.2, 0.25) is 0 Å². The molecule has 1 atom stereocenters. The van der Waals surface area contributed by atoms with Gasteiger partial charge in [-0.15, -0.1) is 10.2 Å². The van der Waals surface area contributed by atoms with Crippen molar-refractivity contribution in [3.05, 3.63) is 29.8 Å². The molecule has 0 aliphatic carbocycles. The lowest BCUT2D eigenvalue weighted by atomic mass is 10.00. The van der Waals surface area contributed by atoms with Gasteiger partial charge in [0, 0.05) is 18.4 Å². The van der Waals surface area contributed by atoms with Gasteiger partial charge in [-0.3, -0.25) is 0 Å². The molecule has 0 spiro atoms. The molecule has 0 aliphatic heterocycles. The number of hydrogen-bond acceptors (Lipinski definition) is 4. The molecule has 0 saturated heterocycles. The first-order chi connectivity index (χ1) is 8.06. The van der Waals surface area contributed by atoms with Crippen LogP contribution in [0.5, 0.6) is 0 Å². The van der Waals surface area contributed by atoms with Gasteiger partial charge in [-0.2, -0.15) is 4.80 Å². The fourth-order valence-corrected chi connectivity index (χ4v) is 1.69. The van der Waals surface area contributed by atoms with Crippen LogP contribution >= 0.6 is 0 Å². The van der Waals surface area contributed by atoms with Crippen molar-refractivity contribution in [1.29, 1.82) is 0 Å². The van der Waals surface area contributed by atoms with Gasteiger partial charge < -0.3 is 10.3 Å². The largest absolute Gasteiger partial charge is 0.346 e. The number of tetrazole rings is 1. The second-order valence-electron chi connectivity index (χ2n) is 4.58. The molecule has 2 N–H and O–H groups in total. The molecule has 6 heteroatoms. The summed E-state index contributed by atoms with van der Waals surface area (Å²) in [6.07, 6.45) is 4.04. The molecular weight excluding hydrogens is 216 g/mol. The summed E-state index contributed by atoms with van der Waals surface area (Å²) in [6, 6.07) is 2.12. The van der Waals surface area contributed by atoms with Gasteiger partial charge in [-0.25, -0.2) is 0 Å². The molecule has 92 valence electrons. The quantitative estimate of drug-likeness (QED) is 0.845. The summed E-state index contributed by atoms with van der Waals surface area (Å²) in [5.74, 6) is 1.13. The maximum Gasteiger partial charge on any atom is 0.194 e. The molecule has 2 rings (SSSR count). The SMILES string of the molecule is CC(C)C(N)c1ccn(Cc2nnn(C)n2)c1. The monoisotopic (exact) mass is 234 g/mol. The lowest BCUT2D eigenvalue weighted by molar-refractivity contribution is 0.513. The molecular formula is C11H18N6. The standard InChI is InChI=1S/C11H18N6/c1-8(2)11(12)9-4-5-17(6-9)7-10-13-15-16(3)14-10/h4-6,8,11H,7,12H2,1-3H3. The number of hydrogen-bond donors (Lipinski definition) is 1. The lowest BCUT2D eigenvalue weighted by Gasteiger charge is -2.13. The van der Waals surface area contributed by atoms with Crippen molar-refractivity contribution in [3.8, 4) is 0 Å². The van der Waals surface area contributed by atoms with E-state index in [4.69, 9.17) is 5.73 Å². The zero-order chi connectivity index (χ0) is 12.4. The minimum absolute atomic E-state index is 0.0751. The smallest absolute Gasteiger partial charge is 0.194 e. The highest BCUT2D eigenvalue weighted by Crippen LogP contribution is 2.18. The van der Waals surface area contributed by atoms with Gasteiger partial charge in [0.1, 0.15) is 0 Å². The third-order valence-corrected chi connectivity index (χ3v) is 2.75. The first-order valence-electron chi connectivity index (χ1n) is 5.70. The minimum atomic E-state index is 0.0751. The van der Waals surface area contributed by atoms with Gasteiger partial charge in [-0.05, 0) is 22.8 Å². The molecule has 0 amide bonds. The van der Waals surface area contributed by atoms with Crippen LogP contribution < -0.4 is 5.73 Å². The summed E-state index contributed by atoms with van der Waals surface area (Å²) in [6.45, 7) is 4.86. The van der Waals surface area contributed by atoms with E-state index in [1.807, 2.05) is 23.0 Å². The molecule has 0 fully saturated rings. The molecule has 17 heavy (non-hydrogen) atoms. The van der Waals surface area contributed by atoms with Crippen molar-refractivity contribution in [1.82, 2.24) is 24.8 Å². The topological polar surface area (TPSA) is 74.6 Å². The predicted octanol–water partition coefficient (Wildman–Crippen LogP) is 0.716. The van der Waals surface area contributed by atoms with Gasteiger partial charge in [0.25, 0.3) is 0 Å². The third-order valence-electron chi connectivity index (χ3n) is 2.75. The Labute approximate surface area is 100 Å². The second kappa shape index (κ2) is 4.67. The average molecular weight is 234 g/mol. The van der Waals surface area contributed by atoms with E-state index in [2.05, 4.69) is 29.3 Å². The predicted molar refractivity (Wildman–Crippen MR) is 64.1 cm³/mol. The Kier molecular flexibility index (Phi) is 3.23. The minimum Gasteiger partial charge on any atom is -0.346 e. The van der Waals surface area contributed by atoms with Crippen molar-refractivity contribution >= 4 is 0 Å². The molecule has 6 nitrogen and oxygen atoms in total. The molecule has 1 unspecified atom stereocenters. The molecule has 2 aromatic rings. The highest BCUT2D eigenvalue weighted by molar-refractivity contribution is 5.16. The number of nitrogens with zero attached hydrogens (tertiary/aromatic N) is 5. The van der Waals surface area contributed by atoms with Crippen molar-refractivity contribution in [3.63, 3.8) is 0 Å². The van der Waals surface area contributed by atoms with Gasteiger partial charge >= 0.3 is 0 Å². The van der Waals surface area contributed by atoms with E-state index in [1.54, 1.807) is 7.05 Å². The van der Waals surface area contributed by atoms with E-state index in [9.17, 15) is 0 Å².